The minimum absolute atomic E-state index is 0.155. The summed E-state index contributed by atoms with van der Waals surface area (Å²) in [6.07, 6.45) is 0. The summed E-state index contributed by atoms with van der Waals surface area (Å²) in [6.45, 7) is 0. The lowest BCUT2D eigenvalue weighted by Crippen LogP contribution is -2.14. The number of nitrogens with zero attached hydrogens (tertiary/aromatic N) is 4. The van der Waals surface area contributed by atoms with Gasteiger partial charge in [0.25, 0.3) is 0 Å². The fraction of sp³-hybridized carbons (Fsp3) is 0.125. The van der Waals surface area contributed by atoms with Gasteiger partial charge in [0.2, 0.25) is 11.1 Å². The third-order valence-corrected chi connectivity index (χ3v) is 4.35. The van der Waals surface area contributed by atoms with Crippen LogP contribution in [0, 0.1) is 0 Å². The van der Waals surface area contributed by atoms with Gasteiger partial charge in [-0.1, -0.05) is 41.6 Å². The highest BCUT2D eigenvalue weighted by Gasteiger charge is 2.14. The molecule has 0 aliphatic heterocycles. The van der Waals surface area contributed by atoms with Crippen LogP contribution in [0.1, 0.15) is 0 Å². The molecule has 2 aromatic carbocycles. The molecule has 7 nitrogen and oxygen atoms in total. The number of benzene rings is 2. The zero-order valence-corrected chi connectivity index (χ0v) is 14.8. The van der Waals surface area contributed by atoms with E-state index in [2.05, 4.69) is 20.8 Å². The van der Waals surface area contributed by atoms with Crippen LogP contribution in [0.4, 0.5) is 5.69 Å². The van der Waals surface area contributed by atoms with Gasteiger partial charge in [-0.05, 0) is 40.8 Å². The highest BCUT2D eigenvalue weighted by Crippen LogP contribution is 2.25. The predicted molar refractivity (Wildman–Crippen MR) is 96.5 cm³/mol. The van der Waals surface area contributed by atoms with E-state index in [1.807, 2.05) is 24.3 Å². The number of methoxy groups -OCH3 is 1. The molecule has 0 saturated heterocycles. The maximum Gasteiger partial charge on any atom is 0.234 e. The smallest absolute Gasteiger partial charge is 0.234 e. The van der Waals surface area contributed by atoms with E-state index in [-0.39, 0.29) is 11.7 Å². The van der Waals surface area contributed by atoms with Gasteiger partial charge in [-0.25, -0.2) is 0 Å². The summed E-state index contributed by atoms with van der Waals surface area (Å²) in [5, 5.41) is 15.5. The van der Waals surface area contributed by atoms with Crippen molar-refractivity contribution < 1.29 is 9.53 Å². The average Bonchev–Trinajstić information content (AvgIpc) is 3.08. The summed E-state index contributed by atoms with van der Waals surface area (Å²) in [5.74, 6) is 0.615. The SMILES string of the molecule is COc1ccccc1-n1nnnc1SCC(=O)Nc1cccc(Cl)c1. The number of hydrogen-bond donors (Lipinski definition) is 1. The van der Waals surface area contributed by atoms with E-state index in [9.17, 15) is 4.79 Å². The molecule has 1 amide bonds. The maximum absolute atomic E-state index is 12.1. The van der Waals surface area contributed by atoms with Crippen molar-refractivity contribution in [1.29, 1.82) is 0 Å². The van der Waals surface area contributed by atoms with Crippen molar-refractivity contribution in [3.63, 3.8) is 0 Å². The fourth-order valence-electron chi connectivity index (χ4n) is 2.12. The Morgan fingerprint density at radius 3 is 2.92 bits per heavy atom. The van der Waals surface area contributed by atoms with E-state index in [0.29, 0.717) is 27.3 Å². The summed E-state index contributed by atoms with van der Waals surface area (Å²) in [5.41, 5.74) is 1.34. The number of carbonyl (C=O) groups is 1. The number of nitrogens with one attached hydrogen (secondary N) is 1. The van der Waals surface area contributed by atoms with Crippen LogP contribution >= 0.6 is 23.4 Å². The summed E-state index contributed by atoms with van der Waals surface area (Å²) in [6, 6.07) is 14.3. The molecule has 3 rings (SSSR count). The van der Waals surface area contributed by atoms with Crippen LogP contribution in [-0.4, -0.2) is 39.0 Å². The Balaban J connectivity index is 1.68. The van der Waals surface area contributed by atoms with Crippen molar-refractivity contribution >= 4 is 35.0 Å². The number of para-hydroxylation sites is 2. The molecule has 0 saturated carbocycles. The second-order valence-electron chi connectivity index (χ2n) is 4.89. The van der Waals surface area contributed by atoms with Gasteiger partial charge >= 0.3 is 0 Å². The molecule has 0 atom stereocenters. The summed E-state index contributed by atoms with van der Waals surface area (Å²) >= 11 is 7.13. The van der Waals surface area contributed by atoms with Gasteiger partial charge in [-0.15, -0.1) is 5.10 Å². The van der Waals surface area contributed by atoms with Crippen molar-refractivity contribution in [1.82, 2.24) is 20.2 Å². The molecular formula is C16H14ClN5O2S. The Labute approximate surface area is 153 Å². The van der Waals surface area contributed by atoms with Gasteiger partial charge < -0.3 is 10.1 Å². The molecule has 128 valence electrons. The molecule has 9 heteroatoms. The van der Waals surface area contributed by atoms with Gasteiger partial charge in [0.05, 0.1) is 12.9 Å². The number of anilines is 1. The van der Waals surface area contributed by atoms with E-state index in [1.54, 1.807) is 31.4 Å². The first-order valence-electron chi connectivity index (χ1n) is 7.27. The van der Waals surface area contributed by atoms with Crippen molar-refractivity contribution in [3.05, 3.63) is 53.6 Å². The zero-order chi connectivity index (χ0) is 17.6. The Morgan fingerprint density at radius 1 is 1.28 bits per heavy atom. The van der Waals surface area contributed by atoms with Crippen LogP contribution in [0.15, 0.2) is 53.7 Å². The molecule has 0 aliphatic carbocycles. The number of tetrazole rings is 1. The molecule has 1 N–H and O–H groups in total. The molecule has 25 heavy (non-hydrogen) atoms. The van der Waals surface area contributed by atoms with E-state index in [1.165, 1.54) is 16.4 Å². The van der Waals surface area contributed by atoms with E-state index < -0.39 is 0 Å². The van der Waals surface area contributed by atoms with Gasteiger partial charge in [-0.2, -0.15) is 4.68 Å². The Bertz CT molecular complexity index is 886. The first-order chi connectivity index (χ1) is 12.2. The molecule has 0 fully saturated rings. The van der Waals surface area contributed by atoms with E-state index in [0.717, 1.165) is 0 Å². The van der Waals surface area contributed by atoms with Gasteiger partial charge in [0, 0.05) is 10.7 Å². The van der Waals surface area contributed by atoms with Crippen molar-refractivity contribution in [3.8, 4) is 11.4 Å². The van der Waals surface area contributed by atoms with Crippen LogP contribution in [0.3, 0.4) is 0 Å². The quantitative estimate of drug-likeness (QED) is 0.667. The number of aromatic nitrogens is 4. The molecule has 0 bridgehead atoms. The molecular weight excluding hydrogens is 362 g/mol. The van der Waals surface area contributed by atoms with Crippen molar-refractivity contribution in [2.75, 3.05) is 18.2 Å². The monoisotopic (exact) mass is 375 g/mol. The van der Waals surface area contributed by atoms with Crippen LogP contribution in [-0.2, 0) is 4.79 Å². The topological polar surface area (TPSA) is 81.9 Å². The van der Waals surface area contributed by atoms with Gasteiger partial charge in [-0.3, -0.25) is 4.79 Å². The van der Waals surface area contributed by atoms with Crippen LogP contribution in [0.25, 0.3) is 5.69 Å². The van der Waals surface area contributed by atoms with Crippen molar-refractivity contribution in [2.24, 2.45) is 0 Å². The standard InChI is InChI=1S/C16H14ClN5O2S/c1-24-14-8-3-2-7-13(14)22-16(19-20-21-22)25-10-15(23)18-12-6-4-5-11(17)9-12/h2-9H,10H2,1H3,(H,18,23). The van der Waals surface area contributed by atoms with Crippen LogP contribution in [0.2, 0.25) is 5.02 Å². The Kier molecular flexibility index (Phi) is 5.52. The van der Waals surface area contributed by atoms with Crippen LogP contribution in [0.5, 0.6) is 5.75 Å². The number of hydrogen-bond acceptors (Lipinski definition) is 6. The van der Waals surface area contributed by atoms with Crippen LogP contribution < -0.4 is 10.1 Å². The molecule has 1 aromatic heterocycles. The normalized spacial score (nSPS) is 10.5. The third-order valence-electron chi connectivity index (χ3n) is 3.19. The summed E-state index contributed by atoms with van der Waals surface area (Å²) in [7, 11) is 1.58. The average molecular weight is 376 g/mol. The lowest BCUT2D eigenvalue weighted by molar-refractivity contribution is -0.113. The lowest BCUT2D eigenvalue weighted by atomic mass is 10.3. The maximum atomic E-state index is 12.1. The van der Waals surface area contributed by atoms with Gasteiger partial charge in [0.15, 0.2) is 0 Å². The Morgan fingerprint density at radius 2 is 2.12 bits per heavy atom. The van der Waals surface area contributed by atoms with Gasteiger partial charge in [0.1, 0.15) is 11.4 Å². The number of halogens is 1. The first kappa shape index (κ1) is 17.2. The molecule has 0 radical (unpaired) electrons. The molecule has 1 heterocycles. The predicted octanol–water partition coefficient (Wildman–Crippen LogP) is 3.06. The van der Waals surface area contributed by atoms with E-state index in [4.69, 9.17) is 16.3 Å². The highest BCUT2D eigenvalue weighted by molar-refractivity contribution is 7.99. The molecule has 0 unspecified atom stereocenters. The number of thioether (sulfide) groups is 1. The molecule has 3 aromatic rings. The first-order valence-corrected chi connectivity index (χ1v) is 8.63. The Hall–Kier alpha value is -2.58. The number of amides is 1. The van der Waals surface area contributed by atoms with Crippen molar-refractivity contribution in [2.45, 2.75) is 5.16 Å². The summed E-state index contributed by atoms with van der Waals surface area (Å²) in [4.78, 5) is 12.1. The molecule has 0 spiro atoms. The summed E-state index contributed by atoms with van der Waals surface area (Å²) < 4.78 is 6.86. The molecule has 0 aliphatic rings. The second kappa shape index (κ2) is 8.00. The van der Waals surface area contributed by atoms with E-state index >= 15 is 0 Å². The third kappa shape index (κ3) is 4.28. The second-order valence-corrected chi connectivity index (χ2v) is 6.27. The number of ether oxygens (including phenoxy) is 1. The number of rotatable bonds is 6. The lowest BCUT2D eigenvalue weighted by Gasteiger charge is -2.09. The zero-order valence-electron chi connectivity index (χ0n) is 13.2. The largest absolute Gasteiger partial charge is 0.494 e. The minimum Gasteiger partial charge on any atom is -0.494 e. The fourth-order valence-corrected chi connectivity index (χ4v) is 2.99. The minimum atomic E-state index is -0.179. The number of carbonyl (C=O) groups excluding carboxylic acids is 1. The highest BCUT2D eigenvalue weighted by atomic mass is 35.5.